The fraction of sp³-hybridized carbons (Fsp3) is 0.533. The number of anilines is 1. The highest BCUT2D eigenvalue weighted by Gasteiger charge is 2.31. The van der Waals surface area contributed by atoms with E-state index in [4.69, 9.17) is 0 Å². The summed E-state index contributed by atoms with van der Waals surface area (Å²) in [5, 5.41) is 12.4. The van der Waals surface area contributed by atoms with E-state index >= 15 is 0 Å². The summed E-state index contributed by atoms with van der Waals surface area (Å²) in [6.45, 7) is 4.05. The van der Waals surface area contributed by atoms with Crippen molar-refractivity contribution in [3.63, 3.8) is 0 Å². The maximum Gasteiger partial charge on any atom is 0.243 e. The summed E-state index contributed by atoms with van der Waals surface area (Å²) in [5.74, 6) is 0.196. The highest BCUT2D eigenvalue weighted by molar-refractivity contribution is 5.86. The summed E-state index contributed by atoms with van der Waals surface area (Å²) in [6, 6.07) is 7.66. The molecule has 2 atom stereocenters. The molecule has 1 heterocycles. The zero-order valence-corrected chi connectivity index (χ0v) is 11.8. The van der Waals surface area contributed by atoms with E-state index in [2.05, 4.69) is 11.4 Å². The van der Waals surface area contributed by atoms with Gasteiger partial charge in [0.2, 0.25) is 5.91 Å². The second kappa shape index (κ2) is 5.61. The summed E-state index contributed by atoms with van der Waals surface area (Å²) in [5.41, 5.74) is 2.24. The van der Waals surface area contributed by atoms with E-state index in [1.807, 2.05) is 44.0 Å². The molecule has 4 heteroatoms. The SMILES string of the molecule is CC(C)C1C(=O)NC(CO)Cc2ccccc2N1C. The Morgan fingerprint density at radius 2 is 2.11 bits per heavy atom. The molecule has 1 aromatic carbocycles. The largest absolute Gasteiger partial charge is 0.394 e. The van der Waals surface area contributed by atoms with Gasteiger partial charge in [0.25, 0.3) is 0 Å². The topological polar surface area (TPSA) is 52.6 Å². The molecule has 1 amide bonds. The number of likely N-dealkylation sites (N-methyl/N-ethyl adjacent to an activating group) is 1. The molecule has 0 aliphatic carbocycles. The molecule has 0 radical (unpaired) electrons. The van der Waals surface area contributed by atoms with Crippen LogP contribution in [0.3, 0.4) is 0 Å². The number of amides is 1. The van der Waals surface area contributed by atoms with E-state index in [0.29, 0.717) is 6.42 Å². The summed E-state index contributed by atoms with van der Waals surface area (Å²) < 4.78 is 0. The number of hydrogen-bond acceptors (Lipinski definition) is 3. The average Bonchev–Trinajstić information content (AvgIpc) is 2.36. The van der Waals surface area contributed by atoms with Crippen molar-refractivity contribution < 1.29 is 9.90 Å². The Kier molecular flexibility index (Phi) is 4.10. The van der Waals surface area contributed by atoms with Crippen LogP contribution in [0.2, 0.25) is 0 Å². The number of aliphatic hydroxyl groups excluding tert-OH is 1. The number of nitrogens with one attached hydrogen (secondary N) is 1. The molecule has 1 aliphatic rings. The predicted molar refractivity (Wildman–Crippen MR) is 76.2 cm³/mol. The molecule has 1 aliphatic heterocycles. The van der Waals surface area contributed by atoms with Gasteiger partial charge in [-0.05, 0) is 24.0 Å². The van der Waals surface area contributed by atoms with Crippen molar-refractivity contribution >= 4 is 11.6 Å². The molecule has 0 fully saturated rings. The Bertz CT molecular complexity index is 459. The summed E-state index contributed by atoms with van der Waals surface area (Å²) in [7, 11) is 1.96. The molecule has 0 spiro atoms. The minimum atomic E-state index is -0.213. The van der Waals surface area contributed by atoms with Gasteiger partial charge in [-0.25, -0.2) is 0 Å². The lowest BCUT2D eigenvalue weighted by Gasteiger charge is -2.37. The van der Waals surface area contributed by atoms with Crippen molar-refractivity contribution in [3.8, 4) is 0 Å². The molecule has 0 aromatic heterocycles. The van der Waals surface area contributed by atoms with Gasteiger partial charge in [-0.15, -0.1) is 0 Å². The molecule has 2 unspecified atom stereocenters. The molecule has 0 bridgehead atoms. The number of nitrogens with zero attached hydrogens (tertiary/aromatic N) is 1. The third-order valence-electron chi connectivity index (χ3n) is 3.72. The standard InChI is InChI=1S/C15H22N2O2/c1-10(2)14-15(19)16-12(9-18)8-11-6-4-5-7-13(11)17(14)3/h4-7,10,12,14,18H,8-9H2,1-3H3,(H,16,19). The second-order valence-corrected chi connectivity index (χ2v) is 5.52. The van der Waals surface area contributed by atoms with Crippen LogP contribution >= 0.6 is 0 Å². The smallest absolute Gasteiger partial charge is 0.243 e. The number of benzene rings is 1. The highest BCUT2D eigenvalue weighted by atomic mass is 16.3. The fourth-order valence-electron chi connectivity index (χ4n) is 2.82. The van der Waals surface area contributed by atoms with Gasteiger partial charge in [0, 0.05) is 12.7 Å². The zero-order valence-electron chi connectivity index (χ0n) is 11.8. The molecule has 0 saturated heterocycles. The van der Waals surface area contributed by atoms with Gasteiger partial charge in [-0.1, -0.05) is 32.0 Å². The van der Waals surface area contributed by atoms with Gasteiger partial charge in [0.05, 0.1) is 12.6 Å². The molecular formula is C15H22N2O2. The first kappa shape index (κ1) is 13.9. The van der Waals surface area contributed by atoms with Crippen LogP contribution in [0, 0.1) is 5.92 Å². The van der Waals surface area contributed by atoms with Gasteiger partial charge in [-0.3, -0.25) is 4.79 Å². The number of carbonyl (C=O) groups is 1. The van der Waals surface area contributed by atoms with Crippen LogP contribution in [0.15, 0.2) is 24.3 Å². The maximum atomic E-state index is 12.3. The molecule has 4 nitrogen and oxygen atoms in total. The van der Waals surface area contributed by atoms with Gasteiger partial charge < -0.3 is 15.3 Å². The van der Waals surface area contributed by atoms with Crippen LogP contribution in [0.25, 0.3) is 0 Å². The molecule has 2 N–H and O–H groups in total. The van der Waals surface area contributed by atoms with Crippen LogP contribution in [0.4, 0.5) is 5.69 Å². The lowest BCUT2D eigenvalue weighted by molar-refractivity contribution is -0.124. The van der Waals surface area contributed by atoms with Crippen molar-refractivity contribution in [1.29, 1.82) is 0 Å². The zero-order chi connectivity index (χ0) is 14.0. The quantitative estimate of drug-likeness (QED) is 0.841. The third kappa shape index (κ3) is 2.73. The Labute approximate surface area is 114 Å². The summed E-state index contributed by atoms with van der Waals surface area (Å²) in [4.78, 5) is 14.4. The Morgan fingerprint density at radius 1 is 1.42 bits per heavy atom. The first-order valence-electron chi connectivity index (χ1n) is 6.76. The minimum Gasteiger partial charge on any atom is -0.394 e. The molecule has 1 aromatic rings. The number of carbonyl (C=O) groups excluding carboxylic acids is 1. The Morgan fingerprint density at radius 3 is 2.74 bits per heavy atom. The van der Waals surface area contributed by atoms with Crippen LogP contribution in [-0.4, -0.2) is 36.8 Å². The normalized spacial score (nSPS) is 23.6. The van der Waals surface area contributed by atoms with Crippen molar-refractivity contribution in [2.45, 2.75) is 32.4 Å². The molecule has 0 saturated carbocycles. The van der Waals surface area contributed by atoms with Gasteiger partial charge in [-0.2, -0.15) is 0 Å². The summed E-state index contributed by atoms with van der Waals surface area (Å²) >= 11 is 0. The number of fused-ring (bicyclic) bond motifs is 1. The van der Waals surface area contributed by atoms with Crippen LogP contribution in [0.1, 0.15) is 19.4 Å². The lowest BCUT2D eigenvalue weighted by atomic mass is 9.95. The third-order valence-corrected chi connectivity index (χ3v) is 3.72. The number of hydrogen-bond donors (Lipinski definition) is 2. The van der Waals surface area contributed by atoms with Gasteiger partial charge in [0.15, 0.2) is 0 Å². The Hall–Kier alpha value is -1.55. The maximum absolute atomic E-state index is 12.3. The van der Waals surface area contributed by atoms with E-state index in [1.54, 1.807) is 0 Å². The fourth-order valence-corrected chi connectivity index (χ4v) is 2.82. The molecule has 104 valence electrons. The molecule has 19 heavy (non-hydrogen) atoms. The van der Waals surface area contributed by atoms with Crippen molar-refractivity contribution in [1.82, 2.24) is 5.32 Å². The van der Waals surface area contributed by atoms with Gasteiger partial charge in [0.1, 0.15) is 6.04 Å². The van der Waals surface area contributed by atoms with E-state index in [-0.39, 0.29) is 30.5 Å². The number of para-hydroxylation sites is 1. The minimum absolute atomic E-state index is 0.00828. The molecular weight excluding hydrogens is 240 g/mol. The van der Waals surface area contributed by atoms with Crippen LogP contribution < -0.4 is 10.2 Å². The monoisotopic (exact) mass is 262 g/mol. The number of rotatable bonds is 2. The van der Waals surface area contributed by atoms with Crippen LogP contribution in [0.5, 0.6) is 0 Å². The molecule has 2 rings (SSSR count). The average molecular weight is 262 g/mol. The number of aliphatic hydroxyl groups is 1. The van der Waals surface area contributed by atoms with E-state index in [1.165, 1.54) is 0 Å². The first-order chi connectivity index (χ1) is 9.04. The van der Waals surface area contributed by atoms with E-state index < -0.39 is 0 Å². The van der Waals surface area contributed by atoms with Gasteiger partial charge >= 0.3 is 0 Å². The highest BCUT2D eigenvalue weighted by Crippen LogP contribution is 2.26. The van der Waals surface area contributed by atoms with Crippen molar-refractivity contribution in [2.75, 3.05) is 18.6 Å². The predicted octanol–water partition coefficient (Wildman–Crippen LogP) is 1.18. The lowest BCUT2D eigenvalue weighted by Crippen LogP contribution is -2.54. The Balaban J connectivity index is 2.45. The summed E-state index contributed by atoms with van der Waals surface area (Å²) in [6.07, 6.45) is 0.660. The second-order valence-electron chi connectivity index (χ2n) is 5.52. The van der Waals surface area contributed by atoms with Crippen molar-refractivity contribution in [2.24, 2.45) is 5.92 Å². The first-order valence-corrected chi connectivity index (χ1v) is 6.76. The van der Waals surface area contributed by atoms with Crippen molar-refractivity contribution in [3.05, 3.63) is 29.8 Å². The van der Waals surface area contributed by atoms with E-state index in [0.717, 1.165) is 11.3 Å². The van der Waals surface area contributed by atoms with E-state index in [9.17, 15) is 9.90 Å². The van der Waals surface area contributed by atoms with Crippen LogP contribution in [-0.2, 0) is 11.2 Å².